The molecule has 180 valence electrons. The fraction of sp³-hybridized carbons (Fsp3) is 0.222. The fourth-order valence-corrected chi connectivity index (χ4v) is 4.86. The minimum Gasteiger partial charge on any atom is -0.481 e. The molecule has 0 saturated heterocycles. The van der Waals surface area contributed by atoms with Crippen molar-refractivity contribution in [3.8, 4) is 11.1 Å². The number of carbonyl (C=O) groups excluding carboxylic acids is 2. The summed E-state index contributed by atoms with van der Waals surface area (Å²) < 4.78 is 6.30. The lowest BCUT2D eigenvalue weighted by Crippen LogP contribution is -2.24. The first-order valence-electron chi connectivity index (χ1n) is 11.4. The van der Waals surface area contributed by atoms with E-state index in [0.717, 1.165) is 11.1 Å². The van der Waals surface area contributed by atoms with E-state index in [1.807, 2.05) is 24.3 Å². The van der Waals surface area contributed by atoms with E-state index in [2.05, 4.69) is 57.5 Å². The minimum atomic E-state index is -0.842. The van der Waals surface area contributed by atoms with Gasteiger partial charge in [0.2, 0.25) is 0 Å². The van der Waals surface area contributed by atoms with Crippen molar-refractivity contribution in [1.82, 2.24) is 5.32 Å². The molecule has 1 aliphatic carbocycles. The molecule has 0 aromatic heterocycles. The number of fused-ring (bicyclic) bond motifs is 3. The number of aliphatic carboxylic acids is 1. The van der Waals surface area contributed by atoms with Crippen LogP contribution in [0.1, 0.15) is 46.7 Å². The largest absolute Gasteiger partial charge is 0.481 e. The highest BCUT2D eigenvalue weighted by molar-refractivity contribution is 14.1. The molecule has 0 spiro atoms. The second kappa shape index (κ2) is 11.4. The Morgan fingerprint density at radius 2 is 1.57 bits per heavy atom. The lowest BCUT2D eigenvalue weighted by molar-refractivity contribution is -0.137. The lowest BCUT2D eigenvalue weighted by Gasteiger charge is -2.15. The van der Waals surface area contributed by atoms with Crippen molar-refractivity contribution in [2.24, 2.45) is 0 Å². The summed E-state index contributed by atoms with van der Waals surface area (Å²) >= 11 is 2.06. The zero-order valence-electron chi connectivity index (χ0n) is 18.9. The molecular weight excluding hydrogens is 559 g/mol. The number of hydrogen-bond donors (Lipinski definition) is 3. The number of carboxylic acid groups (broad SMARTS) is 1. The Morgan fingerprint density at radius 3 is 2.20 bits per heavy atom. The Balaban J connectivity index is 1.32. The van der Waals surface area contributed by atoms with Crippen molar-refractivity contribution >= 4 is 46.2 Å². The first-order chi connectivity index (χ1) is 16.9. The van der Waals surface area contributed by atoms with Gasteiger partial charge in [0.15, 0.2) is 0 Å². The average Bonchev–Trinajstić information content (AvgIpc) is 3.17. The third-order valence-corrected chi connectivity index (χ3v) is 6.81. The van der Waals surface area contributed by atoms with Crippen LogP contribution < -0.4 is 10.6 Å². The molecule has 3 aromatic carbocycles. The molecular formula is C27H25IN2O5. The van der Waals surface area contributed by atoms with Crippen LogP contribution in [-0.2, 0) is 9.53 Å². The highest BCUT2D eigenvalue weighted by Crippen LogP contribution is 2.44. The van der Waals surface area contributed by atoms with Gasteiger partial charge in [-0.15, -0.1) is 0 Å². The molecule has 3 N–H and O–H groups in total. The summed E-state index contributed by atoms with van der Waals surface area (Å²) in [4.78, 5) is 35.4. The molecule has 3 aromatic rings. The molecule has 0 fully saturated rings. The number of carboxylic acids is 1. The molecule has 35 heavy (non-hydrogen) atoms. The van der Waals surface area contributed by atoms with E-state index in [1.54, 1.807) is 18.2 Å². The normalized spacial score (nSPS) is 11.9. The summed E-state index contributed by atoms with van der Waals surface area (Å²) in [6, 6.07) is 21.3. The number of ether oxygens (including phenoxy) is 1. The molecule has 0 radical (unpaired) electrons. The van der Waals surface area contributed by atoms with Gasteiger partial charge < -0.3 is 15.2 Å². The second-order valence-electron chi connectivity index (χ2n) is 8.25. The third kappa shape index (κ3) is 6.00. The van der Waals surface area contributed by atoms with E-state index in [9.17, 15) is 14.4 Å². The number of anilines is 1. The van der Waals surface area contributed by atoms with Gasteiger partial charge in [-0.25, -0.2) is 4.79 Å². The quantitative estimate of drug-likeness (QED) is 0.223. The topological polar surface area (TPSA) is 105 Å². The van der Waals surface area contributed by atoms with E-state index in [1.165, 1.54) is 11.1 Å². The fourth-order valence-electron chi connectivity index (χ4n) is 4.21. The zero-order valence-corrected chi connectivity index (χ0v) is 21.1. The van der Waals surface area contributed by atoms with Gasteiger partial charge in [-0.1, -0.05) is 48.5 Å². The molecule has 0 saturated carbocycles. The summed E-state index contributed by atoms with van der Waals surface area (Å²) in [5.41, 5.74) is 5.65. The van der Waals surface area contributed by atoms with Crippen LogP contribution in [0.15, 0.2) is 66.7 Å². The minimum absolute atomic E-state index is 0.0196. The van der Waals surface area contributed by atoms with Crippen LogP contribution >= 0.6 is 22.6 Å². The predicted molar refractivity (Wildman–Crippen MR) is 142 cm³/mol. The average molecular weight is 584 g/mol. The smallest absolute Gasteiger partial charge is 0.411 e. The van der Waals surface area contributed by atoms with Crippen molar-refractivity contribution in [3.63, 3.8) is 0 Å². The van der Waals surface area contributed by atoms with Gasteiger partial charge in [0.1, 0.15) is 6.61 Å². The highest BCUT2D eigenvalue weighted by atomic mass is 127. The Kier molecular flexibility index (Phi) is 8.02. The molecule has 4 rings (SSSR count). The van der Waals surface area contributed by atoms with Crippen LogP contribution in [0, 0.1) is 3.57 Å². The van der Waals surface area contributed by atoms with Gasteiger partial charge in [-0.2, -0.15) is 0 Å². The zero-order chi connectivity index (χ0) is 24.8. The van der Waals surface area contributed by atoms with Crippen LogP contribution in [-0.4, -0.2) is 36.2 Å². The van der Waals surface area contributed by atoms with Crippen LogP contribution in [0.3, 0.4) is 0 Å². The Hall–Kier alpha value is -3.40. The van der Waals surface area contributed by atoms with Gasteiger partial charge >= 0.3 is 12.1 Å². The first kappa shape index (κ1) is 24.7. The Bertz CT molecular complexity index is 1210. The summed E-state index contributed by atoms with van der Waals surface area (Å²) in [7, 11) is 0. The van der Waals surface area contributed by atoms with E-state index < -0.39 is 12.1 Å². The maximum Gasteiger partial charge on any atom is 0.411 e. The van der Waals surface area contributed by atoms with E-state index in [4.69, 9.17) is 9.84 Å². The first-order valence-corrected chi connectivity index (χ1v) is 12.4. The monoisotopic (exact) mass is 584 g/mol. The van der Waals surface area contributed by atoms with Crippen molar-refractivity contribution in [2.75, 3.05) is 18.5 Å². The predicted octanol–water partition coefficient (Wildman–Crippen LogP) is 5.64. The number of carbonyl (C=O) groups is 3. The number of unbranched alkanes of at least 4 members (excludes halogenated alkanes) is 1. The number of halogens is 1. The number of rotatable bonds is 9. The maximum absolute atomic E-state index is 12.6. The van der Waals surface area contributed by atoms with E-state index >= 15 is 0 Å². The van der Waals surface area contributed by atoms with E-state index in [-0.39, 0.29) is 24.9 Å². The van der Waals surface area contributed by atoms with Crippen LogP contribution in [0.5, 0.6) is 0 Å². The van der Waals surface area contributed by atoms with Crippen LogP contribution in [0.4, 0.5) is 10.5 Å². The van der Waals surface area contributed by atoms with Crippen LogP contribution in [0.25, 0.3) is 11.1 Å². The second-order valence-corrected chi connectivity index (χ2v) is 9.41. The van der Waals surface area contributed by atoms with Crippen molar-refractivity contribution in [3.05, 3.63) is 87.0 Å². The van der Waals surface area contributed by atoms with E-state index in [0.29, 0.717) is 34.2 Å². The Labute approximate surface area is 217 Å². The molecule has 7 nitrogen and oxygen atoms in total. The van der Waals surface area contributed by atoms with Gasteiger partial charge in [0.25, 0.3) is 5.91 Å². The number of nitrogens with one attached hydrogen (secondary N) is 2. The molecule has 1 aliphatic rings. The molecule has 0 atom stereocenters. The van der Waals surface area contributed by atoms with Gasteiger partial charge in [0.05, 0.1) is 5.69 Å². The summed E-state index contributed by atoms with van der Waals surface area (Å²) in [5.74, 6) is -1.11. The highest BCUT2D eigenvalue weighted by Gasteiger charge is 2.29. The molecule has 0 bridgehead atoms. The maximum atomic E-state index is 12.6. The number of hydrogen-bond acceptors (Lipinski definition) is 4. The molecule has 8 heteroatoms. The number of amides is 2. The standard InChI is InChI=1S/C27H25IN2O5/c28-23-15-17(26(33)29-14-6-5-11-25(31)32)12-13-24(23)30-27(34)35-16-22-20-9-3-1-7-18(20)19-8-2-4-10-21(19)22/h1-4,7-10,12-13,15,22H,5-6,11,14,16H2,(H,29,33)(H,30,34)(H,31,32). The molecule has 0 aliphatic heterocycles. The summed E-state index contributed by atoms with van der Waals surface area (Å²) in [5, 5.41) is 14.2. The van der Waals surface area contributed by atoms with Gasteiger partial charge in [-0.3, -0.25) is 14.9 Å². The van der Waals surface area contributed by atoms with Gasteiger partial charge in [0, 0.05) is 28.0 Å². The molecule has 2 amide bonds. The van der Waals surface area contributed by atoms with Crippen molar-refractivity contribution < 1.29 is 24.2 Å². The number of benzene rings is 3. The van der Waals surface area contributed by atoms with Gasteiger partial charge in [-0.05, 0) is 75.9 Å². The molecule has 0 heterocycles. The SMILES string of the molecule is O=C(O)CCCCNC(=O)c1ccc(NC(=O)OCC2c3ccccc3-c3ccccc32)c(I)c1. The van der Waals surface area contributed by atoms with Crippen molar-refractivity contribution in [2.45, 2.75) is 25.2 Å². The molecule has 0 unspecified atom stereocenters. The third-order valence-electron chi connectivity index (χ3n) is 5.91. The summed E-state index contributed by atoms with van der Waals surface area (Å²) in [6.07, 6.45) is 0.636. The van der Waals surface area contributed by atoms with Crippen LogP contribution in [0.2, 0.25) is 0 Å². The lowest BCUT2D eigenvalue weighted by atomic mass is 9.98. The van der Waals surface area contributed by atoms with Crippen molar-refractivity contribution in [1.29, 1.82) is 0 Å². The summed E-state index contributed by atoms with van der Waals surface area (Å²) in [6.45, 7) is 0.626. The Morgan fingerprint density at radius 1 is 0.914 bits per heavy atom.